The van der Waals surface area contributed by atoms with Gasteiger partial charge in [-0.1, -0.05) is 30.3 Å². The Morgan fingerprint density at radius 2 is 2.13 bits per heavy atom. The molecule has 0 bridgehead atoms. The molecule has 1 fully saturated rings. The van der Waals surface area contributed by atoms with Gasteiger partial charge in [0.25, 0.3) is 5.91 Å². The van der Waals surface area contributed by atoms with E-state index in [4.69, 9.17) is 4.74 Å². The first-order chi connectivity index (χ1) is 14.5. The number of ether oxygens (including phenoxy) is 1. The zero-order chi connectivity index (χ0) is 21.1. The lowest BCUT2D eigenvalue weighted by Crippen LogP contribution is -2.56. The molecule has 2 aliphatic heterocycles. The topological polar surface area (TPSA) is 83.9 Å². The highest BCUT2D eigenvalue weighted by Gasteiger charge is 2.53. The highest BCUT2D eigenvalue weighted by Crippen LogP contribution is 2.39. The number of aromatic nitrogens is 1. The molecule has 0 unspecified atom stereocenters. The number of carbonyl (C=O) groups is 2. The van der Waals surface area contributed by atoms with Gasteiger partial charge in [-0.25, -0.2) is 9.40 Å². The van der Waals surface area contributed by atoms with Gasteiger partial charge in [0.05, 0.1) is 36.2 Å². The van der Waals surface area contributed by atoms with Crippen molar-refractivity contribution in [2.45, 2.75) is 25.3 Å². The molecule has 8 heteroatoms. The number of amides is 1. The Hall–Kier alpha value is -3.13. The van der Waals surface area contributed by atoms with Gasteiger partial charge in [-0.05, 0) is 18.4 Å². The predicted octanol–water partition coefficient (Wildman–Crippen LogP) is 1.98. The number of carbonyl (C=O) groups excluding carboxylic acids is 2. The molecule has 7 nitrogen and oxygen atoms in total. The summed E-state index contributed by atoms with van der Waals surface area (Å²) in [6.45, 7) is 0.497. The summed E-state index contributed by atoms with van der Waals surface area (Å²) in [5, 5.41) is 9.02. The number of benzene rings is 1. The van der Waals surface area contributed by atoms with Gasteiger partial charge in [0.2, 0.25) is 0 Å². The third-order valence-corrected chi connectivity index (χ3v) is 5.63. The van der Waals surface area contributed by atoms with Crippen LogP contribution in [-0.4, -0.2) is 53.6 Å². The molecule has 1 saturated heterocycles. The Morgan fingerprint density at radius 3 is 2.90 bits per heavy atom. The van der Waals surface area contributed by atoms with Crippen LogP contribution >= 0.6 is 0 Å². The van der Waals surface area contributed by atoms with Crippen LogP contribution in [0, 0.1) is 11.2 Å². The number of ketones is 1. The van der Waals surface area contributed by atoms with Crippen molar-refractivity contribution in [3.8, 4) is 5.75 Å². The second-order valence-electron chi connectivity index (χ2n) is 7.66. The van der Waals surface area contributed by atoms with Crippen molar-refractivity contribution in [1.82, 2.24) is 15.3 Å². The molecule has 2 aliphatic rings. The summed E-state index contributed by atoms with van der Waals surface area (Å²) in [7, 11) is 1.65. The molecular weight excluding hydrogens is 387 g/mol. The second kappa shape index (κ2) is 8.31. The summed E-state index contributed by atoms with van der Waals surface area (Å²) in [5.74, 6) is -0.343. The number of hydrogen-bond donors (Lipinski definition) is 1. The minimum atomic E-state index is -0.811. The van der Waals surface area contributed by atoms with Gasteiger partial charge in [-0.3, -0.25) is 14.6 Å². The normalized spacial score (nSPS) is 23.1. The number of fused-ring (bicyclic) bond motifs is 1. The van der Waals surface area contributed by atoms with E-state index in [-0.39, 0.29) is 30.5 Å². The van der Waals surface area contributed by atoms with E-state index in [1.165, 1.54) is 17.3 Å². The number of pyridine rings is 1. The summed E-state index contributed by atoms with van der Waals surface area (Å²) < 4.78 is 18.6. The molecule has 0 saturated carbocycles. The third kappa shape index (κ3) is 3.95. The molecule has 2 aromatic rings. The van der Waals surface area contributed by atoms with Crippen molar-refractivity contribution >= 4 is 17.4 Å². The third-order valence-electron chi connectivity index (χ3n) is 5.63. The quantitative estimate of drug-likeness (QED) is 0.755. The number of nitrogens with zero attached hydrogens (tertiary/aromatic N) is 3. The summed E-state index contributed by atoms with van der Waals surface area (Å²) in [5.41, 5.74) is 0.989. The van der Waals surface area contributed by atoms with Gasteiger partial charge < -0.3 is 10.1 Å². The average molecular weight is 410 g/mol. The van der Waals surface area contributed by atoms with Gasteiger partial charge in [-0.2, -0.15) is 5.10 Å². The number of Topliss-reactive ketones (excluding diaryl/α,β-unsaturated/α-hetero) is 1. The van der Waals surface area contributed by atoms with Crippen molar-refractivity contribution in [1.29, 1.82) is 0 Å². The van der Waals surface area contributed by atoms with Crippen LogP contribution in [0.2, 0.25) is 0 Å². The zero-order valence-electron chi connectivity index (χ0n) is 16.7. The molecular formula is C22H23FN4O3. The maximum Gasteiger partial charge on any atom is 0.254 e. The van der Waals surface area contributed by atoms with Gasteiger partial charge in [0.1, 0.15) is 11.6 Å². The fourth-order valence-electron chi connectivity index (χ4n) is 4.14. The van der Waals surface area contributed by atoms with Crippen molar-refractivity contribution in [2.24, 2.45) is 10.5 Å². The number of hydrogen-bond acceptors (Lipinski definition) is 6. The van der Waals surface area contributed by atoms with E-state index in [1.54, 1.807) is 7.05 Å². The van der Waals surface area contributed by atoms with E-state index in [1.807, 2.05) is 30.3 Å². The first kappa shape index (κ1) is 20.2. The molecule has 156 valence electrons. The Morgan fingerprint density at radius 1 is 1.33 bits per heavy atom. The lowest BCUT2D eigenvalue weighted by molar-refractivity contribution is -0.136. The van der Waals surface area contributed by atoms with Crippen molar-refractivity contribution in [3.05, 3.63) is 60.2 Å². The minimum absolute atomic E-state index is 0.0480. The van der Waals surface area contributed by atoms with Crippen LogP contribution in [-0.2, 0) is 16.0 Å². The van der Waals surface area contributed by atoms with Gasteiger partial charge in [0.15, 0.2) is 5.78 Å². The minimum Gasteiger partial charge on any atom is -0.491 e. The molecule has 4 rings (SSSR count). The second-order valence-corrected chi connectivity index (χ2v) is 7.66. The number of nitrogens with one attached hydrogen (secondary N) is 1. The largest absolute Gasteiger partial charge is 0.491 e. The number of piperidine rings is 1. The van der Waals surface area contributed by atoms with Crippen molar-refractivity contribution in [2.75, 3.05) is 20.2 Å². The molecule has 1 N–H and O–H groups in total. The first-order valence-corrected chi connectivity index (χ1v) is 9.87. The van der Waals surface area contributed by atoms with E-state index in [0.29, 0.717) is 19.4 Å². The van der Waals surface area contributed by atoms with E-state index in [2.05, 4.69) is 15.4 Å². The zero-order valence-corrected chi connectivity index (χ0v) is 16.7. The molecule has 0 aliphatic carbocycles. The number of halogens is 1. The van der Waals surface area contributed by atoms with Crippen LogP contribution in [0.15, 0.2) is 53.9 Å². The standard InChI is InChI=1S/C22H23FN4O3/c1-27-21(29)22(10-15-5-3-2-4-6-15)11-18(25-14-20(22)26-27)19(28)7-8-30-17-9-16(23)12-24-13-17/h2-6,9,12-13,18,25H,7-8,10-11,14H2,1H3/t18-,22-/m1/s1. The maximum absolute atomic E-state index is 13.2. The van der Waals surface area contributed by atoms with E-state index >= 15 is 0 Å². The van der Waals surface area contributed by atoms with E-state index in [0.717, 1.165) is 17.5 Å². The van der Waals surface area contributed by atoms with Crippen molar-refractivity contribution in [3.63, 3.8) is 0 Å². The average Bonchev–Trinajstić information content (AvgIpc) is 2.98. The summed E-state index contributed by atoms with van der Waals surface area (Å²) in [6, 6.07) is 10.5. The van der Waals surface area contributed by atoms with Crippen LogP contribution in [0.5, 0.6) is 5.75 Å². The number of rotatable bonds is 7. The Labute approximate surface area is 173 Å². The van der Waals surface area contributed by atoms with Crippen LogP contribution < -0.4 is 10.1 Å². The fourth-order valence-corrected chi connectivity index (χ4v) is 4.14. The number of hydrazone groups is 1. The molecule has 1 aromatic carbocycles. The molecule has 1 amide bonds. The maximum atomic E-state index is 13.2. The van der Waals surface area contributed by atoms with Crippen LogP contribution in [0.4, 0.5) is 4.39 Å². The summed E-state index contributed by atoms with van der Waals surface area (Å²) in [4.78, 5) is 29.6. The predicted molar refractivity (Wildman–Crippen MR) is 109 cm³/mol. The lowest BCUT2D eigenvalue weighted by Gasteiger charge is -2.37. The van der Waals surface area contributed by atoms with E-state index in [9.17, 15) is 14.0 Å². The molecule has 30 heavy (non-hydrogen) atoms. The van der Waals surface area contributed by atoms with Crippen LogP contribution in [0.1, 0.15) is 18.4 Å². The lowest BCUT2D eigenvalue weighted by atomic mass is 9.69. The summed E-state index contributed by atoms with van der Waals surface area (Å²) in [6.07, 6.45) is 3.49. The SMILES string of the molecule is CN1N=C2CN[C@@H](C(=O)CCOc3cncc(F)c3)C[C@@]2(Cc2ccccc2)C1=O. The molecule has 1 aromatic heterocycles. The van der Waals surface area contributed by atoms with E-state index < -0.39 is 17.3 Å². The molecule has 2 atom stereocenters. The van der Waals surface area contributed by atoms with Gasteiger partial charge in [0, 0.05) is 26.1 Å². The van der Waals surface area contributed by atoms with Crippen molar-refractivity contribution < 1.29 is 18.7 Å². The molecule has 0 spiro atoms. The van der Waals surface area contributed by atoms with Crippen LogP contribution in [0.25, 0.3) is 0 Å². The Bertz CT molecular complexity index is 981. The summed E-state index contributed by atoms with van der Waals surface area (Å²) >= 11 is 0. The Balaban J connectivity index is 1.44. The monoisotopic (exact) mass is 410 g/mol. The highest BCUT2D eigenvalue weighted by atomic mass is 19.1. The van der Waals surface area contributed by atoms with Gasteiger partial charge >= 0.3 is 0 Å². The fraction of sp³-hybridized carbons (Fsp3) is 0.364. The molecule has 3 heterocycles. The Kier molecular flexibility index (Phi) is 5.59. The van der Waals surface area contributed by atoms with Crippen LogP contribution in [0.3, 0.4) is 0 Å². The molecule has 0 radical (unpaired) electrons. The highest BCUT2D eigenvalue weighted by molar-refractivity contribution is 6.14. The first-order valence-electron chi connectivity index (χ1n) is 9.87. The van der Waals surface area contributed by atoms with Gasteiger partial charge in [-0.15, -0.1) is 0 Å². The smallest absolute Gasteiger partial charge is 0.254 e.